The zero-order valence-corrected chi connectivity index (χ0v) is 14.7. The molecule has 1 aromatic rings. The number of nitrogens with one attached hydrogen (secondary N) is 1. The van der Waals surface area contributed by atoms with Crippen molar-refractivity contribution >= 4 is 19.1 Å². The number of hydrogen-bond acceptors (Lipinski definition) is 5. The van der Waals surface area contributed by atoms with Crippen molar-refractivity contribution in [2.45, 2.75) is 45.8 Å². The summed E-state index contributed by atoms with van der Waals surface area (Å²) in [6, 6.07) is 5.62. The smallest absolute Gasteiger partial charge is 0.400 e. The summed E-state index contributed by atoms with van der Waals surface area (Å²) in [5, 5.41) is 12.0. The van der Waals surface area contributed by atoms with E-state index in [0.29, 0.717) is 11.3 Å². The van der Waals surface area contributed by atoms with Gasteiger partial charge in [0, 0.05) is 25.2 Å². The average Bonchev–Trinajstić information content (AvgIpc) is 2.71. The number of hydrogen-bond donors (Lipinski definition) is 1. The summed E-state index contributed by atoms with van der Waals surface area (Å²) in [6.45, 7) is 9.59. The molecule has 1 aliphatic heterocycles. The lowest BCUT2D eigenvalue weighted by Gasteiger charge is -2.32. The minimum Gasteiger partial charge on any atom is -0.400 e. The van der Waals surface area contributed by atoms with Crippen molar-refractivity contribution in [3.05, 3.63) is 35.1 Å². The third kappa shape index (κ3) is 3.83. The monoisotopic (exact) mass is 327 g/mol. The van der Waals surface area contributed by atoms with E-state index in [-0.39, 0.29) is 12.5 Å². The third-order valence-corrected chi connectivity index (χ3v) is 4.38. The molecule has 0 aromatic carbocycles. The Morgan fingerprint density at radius 1 is 1.38 bits per heavy atom. The van der Waals surface area contributed by atoms with Crippen molar-refractivity contribution in [2.75, 3.05) is 6.54 Å². The van der Waals surface area contributed by atoms with Gasteiger partial charge in [-0.15, -0.1) is 0 Å². The molecule has 7 heteroatoms. The summed E-state index contributed by atoms with van der Waals surface area (Å²) in [6.07, 6.45) is 3.36. The van der Waals surface area contributed by atoms with Gasteiger partial charge < -0.3 is 14.6 Å². The molecule has 0 radical (unpaired) electrons. The van der Waals surface area contributed by atoms with Gasteiger partial charge in [-0.3, -0.25) is 4.79 Å². The fourth-order valence-corrected chi connectivity index (χ4v) is 2.25. The second-order valence-corrected chi connectivity index (χ2v) is 6.77. The molecule has 0 saturated carbocycles. The summed E-state index contributed by atoms with van der Waals surface area (Å²) in [5.41, 5.74) is 0.734. The van der Waals surface area contributed by atoms with Crippen molar-refractivity contribution in [1.29, 1.82) is 5.26 Å². The predicted molar refractivity (Wildman–Crippen MR) is 91.7 cm³/mol. The summed E-state index contributed by atoms with van der Waals surface area (Å²) >= 11 is 0. The van der Waals surface area contributed by atoms with E-state index >= 15 is 0 Å². The van der Waals surface area contributed by atoms with Crippen molar-refractivity contribution in [3.63, 3.8) is 0 Å². The van der Waals surface area contributed by atoms with Crippen LogP contribution in [0.4, 0.5) is 0 Å². The Hall–Kier alpha value is -2.17. The van der Waals surface area contributed by atoms with E-state index in [1.165, 1.54) is 6.92 Å². The van der Waals surface area contributed by atoms with E-state index in [1.54, 1.807) is 24.4 Å². The van der Waals surface area contributed by atoms with Crippen LogP contribution in [0.15, 0.2) is 23.8 Å². The van der Waals surface area contributed by atoms with Gasteiger partial charge in [-0.05, 0) is 39.2 Å². The standard InChI is InChI=1S/C17H22BN3O3/c1-12(22)21-11-14(9-13-7-6-8-20-15(13)10-19)18-23-16(2,3)17(4,5)24-18/h6-9H,11H2,1-5H3,(H,21,22). The van der Waals surface area contributed by atoms with Gasteiger partial charge in [0.1, 0.15) is 11.8 Å². The van der Waals surface area contributed by atoms with Crippen LogP contribution in [0, 0.1) is 11.3 Å². The van der Waals surface area contributed by atoms with E-state index in [4.69, 9.17) is 9.31 Å². The first-order chi connectivity index (χ1) is 11.2. The fourth-order valence-electron chi connectivity index (χ4n) is 2.25. The normalized spacial score (nSPS) is 19.0. The second-order valence-electron chi connectivity index (χ2n) is 6.77. The average molecular weight is 327 g/mol. The molecular weight excluding hydrogens is 305 g/mol. The van der Waals surface area contributed by atoms with E-state index in [9.17, 15) is 10.1 Å². The van der Waals surface area contributed by atoms with Gasteiger partial charge in [-0.2, -0.15) is 5.26 Å². The third-order valence-electron chi connectivity index (χ3n) is 4.38. The molecule has 0 spiro atoms. The van der Waals surface area contributed by atoms with Crippen LogP contribution in [0.25, 0.3) is 6.08 Å². The van der Waals surface area contributed by atoms with Gasteiger partial charge in [-0.25, -0.2) is 4.98 Å². The van der Waals surface area contributed by atoms with Crippen LogP contribution in [-0.4, -0.2) is 35.8 Å². The zero-order chi connectivity index (χ0) is 18.0. The number of nitrogens with zero attached hydrogens (tertiary/aromatic N) is 2. The number of carbonyl (C=O) groups excluding carboxylic acids is 1. The molecule has 0 atom stereocenters. The summed E-state index contributed by atoms with van der Waals surface area (Å²) < 4.78 is 12.1. The zero-order valence-electron chi connectivity index (χ0n) is 14.7. The van der Waals surface area contributed by atoms with Crippen molar-refractivity contribution in [1.82, 2.24) is 10.3 Å². The SMILES string of the molecule is CC(=O)NCC(=Cc1cccnc1C#N)B1OC(C)(C)C(C)(C)O1. The molecule has 126 valence electrons. The van der Waals surface area contributed by atoms with Gasteiger partial charge in [-0.1, -0.05) is 12.1 Å². The number of carbonyl (C=O) groups is 1. The Morgan fingerprint density at radius 3 is 2.54 bits per heavy atom. The lowest BCUT2D eigenvalue weighted by Crippen LogP contribution is -2.41. The first-order valence-corrected chi connectivity index (χ1v) is 7.82. The fraction of sp³-hybridized carbons (Fsp3) is 0.471. The highest BCUT2D eigenvalue weighted by Crippen LogP contribution is 2.38. The van der Waals surface area contributed by atoms with Gasteiger partial charge in [0.15, 0.2) is 0 Å². The van der Waals surface area contributed by atoms with Crippen LogP contribution in [0.2, 0.25) is 0 Å². The van der Waals surface area contributed by atoms with Crippen molar-refractivity contribution in [2.24, 2.45) is 0 Å². The number of amides is 1. The molecule has 2 heterocycles. The largest absolute Gasteiger partial charge is 0.492 e. The molecule has 1 saturated heterocycles. The Kier molecular flexibility index (Phi) is 5.12. The van der Waals surface area contributed by atoms with Crippen LogP contribution < -0.4 is 5.32 Å². The minimum absolute atomic E-state index is 0.149. The van der Waals surface area contributed by atoms with E-state index in [2.05, 4.69) is 16.4 Å². The molecule has 1 aliphatic rings. The quantitative estimate of drug-likeness (QED) is 0.856. The molecule has 0 unspecified atom stereocenters. The summed E-state index contributed by atoms with van der Waals surface area (Å²) in [5.74, 6) is -0.149. The Labute approximate surface area is 143 Å². The molecule has 24 heavy (non-hydrogen) atoms. The van der Waals surface area contributed by atoms with E-state index in [1.807, 2.05) is 27.7 Å². The lowest BCUT2D eigenvalue weighted by molar-refractivity contribution is -0.118. The minimum atomic E-state index is -0.603. The predicted octanol–water partition coefficient (Wildman–Crippen LogP) is 2.10. The summed E-state index contributed by atoms with van der Waals surface area (Å²) in [4.78, 5) is 15.4. The summed E-state index contributed by atoms with van der Waals surface area (Å²) in [7, 11) is -0.603. The Bertz CT molecular complexity index is 691. The topological polar surface area (TPSA) is 84.2 Å². The van der Waals surface area contributed by atoms with Crippen molar-refractivity contribution < 1.29 is 14.1 Å². The van der Waals surface area contributed by atoms with Crippen LogP contribution in [0.1, 0.15) is 45.9 Å². The van der Waals surface area contributed by atoms with Crippen LogP contribution in [0.5, 0.6) is 0 Å². The molecule has 1 N–H and O–H groups in total. The number of rotatable bonds is 4. The number of aromatic nitrogens is 1. The number of nitriles is 1. The highest BCUT2D eigenvalue weighted by molar-refractivity contribution is 6.56. The van der Waals surface area contributed by atoms with E-state index in [0.717, 1.165) is 5.47 Å². The molecule has 1 amide bonds. The Balaban J connectivity index is 2.38. The highest BCUT2D eigenvalue weighted by Gasteiger charge is 2.52. The highest BCUT2D eigenvalue weighted by atomic mass is 16.7. The van der Waals surface area contributed by atoms with E-state index < -0.39 is 18.3 Å². The van der Waals surface area contributed by atoms with Crippen molar-refractivity contribution in [3.8, 4) is 6.07 Å². The molecule has 1 aromatic heterocycles. The molecule has 0 bridgehead atoms. The molecular formula is C17H22BN3O3. The molecule has 6 nitrogen and oxygen atoms in total. The van der Waals surface area contributed by atoms with Gasteiger partial charge in [0.25, 0.3) is 0 Å². The van der Waals surface area contributed by atoms with Crippen LogP contribution in [-0.2, 0) is 14.1 Å². The van der Waals surface area contributed by atoms with Gasteiger partial charge in [0.05, 0.1) is 11.2 Å². The number of pyridine rings is 1. The van der Waals surface area contributed by atoms with Gasteiger partial charge >= 0.3 is 7.12 Å². The lowest BCUT2D eigenvalue weighted by atomic mass is 9.77. The first-order valence-electron chi connectivity index (χ1n) is 7.82. The maximum absolute atomic E-state index is 11.3. The maximum Gasteiger partial charge on any atom is 0.492 e. The molecule has 0 aliphatic carbocycles. The molecule has 2 rings (SSSR count). The van der Waals surface area contributed by atoms with Gasteiger partial charge in [0.2, 0.25) is 5.91 Å². The second kappa shape index (κ2) is 6.75. The van der Waals surface area contributed by atoms with Crippen LogP contribution >= 0.6 is 0 Å². The molecule has 1 fully saturated rings. The maximum atomic E-state index is 11.3. The Morgan fingerprint density at radius 2 is 2.00 bits per heavy atom. The first kappa shape index (κ1) is 18.2. The van der Waals surface area contributed by atoms with Crippen LogP contribution in [0.3, 0.4) is 0 Å².